The van der Waals surface area contributed by atoms with Crippen molar-refractivity contribution in [2.45, 2.75) is 0 Å². The fourth-order valence-electron chi connectivity index (χ4n) is 2.19. The number of anilines is 1. The lowest BCUT2D eigenvalue weighted by atomic mass is 10.1. The molecule has 104 valence electrons. The highest BCUT2D eigenvalue weighted by Crippen LogP contribution is 2.29. The van der Waals surface area contributed by atoms with Crippen LogP contribution in [0.5, 0.6) is 0 Å². The van der Waals surface area contributed by atoms with Gasteiger partial charge in [-0.3, -0.25) is 9.59 Å². The van der Waals surface area contributed by atoms with Crippen molar-refractivity contribution in [1.82, 2.24) is 0 Å². The van der Waals surface area contributed by atoms with Gasteiger partial charge in [-0.25, -0.2) is 9.29 Å². The van der Waals surface area contributed by atoms with Crippen LogP contribution in [-0.4, -0.2) is 17.8 Å². The van der Waals surface area contributed by atoms with Gasteiger partial charge in [0, 0.05) is 0 Å². The van der Waals surface area contributed by atoms with E-state index in [1.54, 1.807) is 0 Å². The molecule has 0 N–H and O–H groups in total. The number of amides is 2. The van der Waals surface area contributed by atoms with Gasteiger partial charge in [0.2, 0.25) is 0 Å². The van der Waals surface area contributed by atoms with E-state index in [2.05, 4.69) is 0 Å². The first-order chi connectivity index (χ1) is 9.99. The minimum atomic E-state index is -1.43. The third kappa shape index (κ3) is 1.97. The molecule has 0 saturated carbocycles. The van der Waals surface area contributed by atoms with Crippen molar-refractivity contribution in [3.63, 3.8) is 0 Å². The first-order valence-corrected chi connectivity index (χ1v) is 5.99. The summed E-state index contributed by atoms with van der Waals surface area (Å²) >= 11 is 0. The van der Waals surface area contributed by atoms with Crippen LogP contribution < -0.4 is 10.0 Å². The summed E-state index contributed by atoms with van der Waals surface area (Å²) in [7, 11) is 0. The zero-order valence-corrected chi connectivity index (χ0v) is 10.5. The lowest BCUT2D eigenvalue weighted by molar-refractivity contribution is -0.255. The average Bonchev–Trinajstić information content (AvgIpc) is 2.72. The molecule has 2 aromatic carbocycles. The van der Waals surface area contributed by atoms with E-state index in [1.165, 1.54) is 24.3 Å². The summed E-state index contributed by atoms with van der Waals surface area (Å²) < 4.78 is 12.9. The molecule has 0 aliphatic carbocycles. The minimum Gasteiger partial charge on any atom is -0.545 e. The van der Waals surface area contributed by atoms with Gasteiger partial charge in [-0.05, 0) is 42.0 Å². The zero-order valence-electron chi connectivity index (χ0n) is 10.5. The van der Waals surface area contributed by atoms with Crippen LogP contribution in [0.3, 0.4) is 0 Å². The van der Waals surface area contributed by atoms with Gasteiger partial charge in [0.15, 0.2) is 0 Å². The van der Waals surface area contributed by atoms with Gasteiger partial charge in [-0.1, -0.05) is 6.07 Å². The molecule has 0 fully saturated rings. The summed E-state index contributed by atoms with van der Waals surface area (Å²) in [5.74, 6) is -3.15. The van der Waals surface area contributed by atoms with Crippen molar-refractivity contribution in [3.05, 3.63) is 65.0 Å². The Balaban J connectivity index is 2.08. The standard InChI is InChI=1S/C15H8FNO4/c16-9-2-4-10(5-3-9)17-13(18)11-6-1-8(15(20)21)7-12(11)14(17)19/h1-7H,(H,20,21)/p-1. The van der Waals surface area contributed by atoms with E-state index in [0.717, 1.165) is 23.1 Å². The smallest absolute Gasteiger partial charge is 0.266 e. The fraction of sp³-hybridized carbons (Fsp3) is 0. The second kappa shape index (κ2) is 4.52. The molecule has 0 spiro atoms. The SMILES string of the molecule is O=C([O-])c1ccc2c(c1)C(=O)N(c1ccc(F)cc1)C2=O. The van der Waals surface area contributed by atoms with Crippen molar-refractivity contribution in [2.75, 3.05) is 4.90 Å². The summed E-state index contributed by atoms with van der Waals surface area (Å²) in [6, 6.07) is 8.44. The molecule has 2 aromatic rings. The van der Waals surface area contributed by atoms with Crippen LogP contribution in [-0.2, 0) is 0 Å². The molecule has 1 heterocycles. The van der Waals surface area contributed by atoms with Gasteiger partial charge in [-0.15, -0.1) is 0 Å². The molecule has 0 atom stereocenters. The van der Waals surface area contributed by atoms with E-state index in [1.807, 2.05) is 0 Å². The number of carboxylic acid groups (broad SMARTS) is 1. The molecule has 6 heteroatoms. The van der Waals surface area contributed by atoms with Crippen molar-refractivity contribution < 1.29 is 23.9 Å². The molecule has 0 aromatic heterocycles. The molecule has 21 heavy (non-hydrogen) atoms. The summed E-state index contributed by atoms with van der Waals surface area (Å²) in [5, 5.41) is 10.8. The van der Waals surface area contributed by atoms with Crippen molar-refractivity contribution in [1.29, 1.82) is 0 Å². The van der Waals surface area contributed by atoms with Crippen LogP contribution in [0.4, 0.5) is 10.1 Å². The Kier molecular flexibility index (Phi) is 2.79. The number of carboxylic acids is 1. The number of nitrogens with zero attached hydrogens (tertiary/aromatic N) is 1. The third-order valence-corrected chi connectivity index (χ3v) is 3.21. The maximum Gasteiger partial charge on any atom is 0.266 e. The van der Waals surface area contributed by atoms with Crippen LogP contribution >= 0.6 is 0 Å². The van der Waals surface area contributed by atoms with E-state index in [9.17, 15) is 23.9 Å². The normalized spacial score (nSPS) is 13.5. The maximum atomic E-state index is 12.9. The van der Waals surface area contributed by atoms with Gasteiger partial charge < -0.3 is 9.90 Å². The number of halogens is 1. The molecule has 1 aliphatic heterocycles. The monoisotopic (exact) mass is 284 g/mol. The van der Waals surface area contributed by atoms with Crippen LogP contribution in [0.15, 0.2) is 42.5 Å². The molecule has 0 unspecified atom stereocenters. The topological polar surface area (TPSA) is 77.5 Å². The van der Waals surface area contributed by atoms with E-state index >= 15 is 0 Å². The first-order valence-electron chi connectivity index (χ1n) is 5.99. The molecule has 3 rings (SSSR count). The van der Waals surface area contributed by atoms with E-state index in [0.29, 0.717) is 0 Å². The van der Waals surface area contributed by atoms with Crippen molar-refractivity contribution in [3.8, 4) is 0 Å². The molecular formula is C15H7FNO4-. The fourth-order valence-corrected chi connectivity index (χ4v) is 2.19. The van der Waals surface area contributed by atoms with E-state index < -0.39 is 23.6 Å². The summed E-state index contributed by atoms with van der Waals surface area (Å²) in [6.45, 7) is 0. The van der Waals surface area contributed by atoms with E-state index in [-0.39, 0.29) is 22.4 Å². The highest BCUT2D eigenvalue weighted by molar-refractivity contribution is 6.34. The molecule has 0 radical (unpaired) electrons. The Hall–Kier alpha value is -3.02. The number of benzene rings is 2. The van der Waals surface area contributed by atoms with Crippen LogP contribution in [0.2, 0.25) is 0 Å². The average molecular weight is 284 g/mol. The zero-order chi connectivity index (χ0) is 15.1. The first kappa shape index (κ1) is 13.0. The van der Waals surface area contributed by atoms with Gasteiger partial charge in [0.1, 0.15) is 5.82 Å². The van der Waals surface area contributed by atoms with Gasteiger partial charge in [0.25, 0.3) is 11.8 Å². The lowest BCUT2D eigenvalue weighted by Crippen LogP contribution is -2.29. The number of carbonyl (C=O) groups excluding carboxylic acids is 3. The highest BCUT2D eigenvalue weighted by Gasteiger charge is 2.36. The van der Waals surface area contributed by atoms with Crippen LogP contribution in [0.25, 0.3) is 0 Å². The molecule has 5 nitrogen and oxygen atoms in total. The van der Waals surface area contributed by atoms with Gasteiger partial charge in [0.05, 0.1) is 22.8 Å². The minimum absolute atomic E-state index is 0.00831. The highest BCUT2D eigenvalue weighted by atomic mass is 19.1. The van der Waals surface area contributed by atoms with Gasteiger partial charge >= 0.3 is 0 Å². The van der Waals surface area contributed by atoms with Crippen LogP contribution in [0, 0.1) is 5.82 Å². The number of hydrogen-bond acceptors (Lipinski definition) is 4. The maximum absolute atomic E-state index is 12.9. The van der Waals surface area contributed by atoms with Crippen LogP contribution in [0.1, 0.15) is 31.1 Å². The molecular weight excluding hydrogens is 277 g/mol. The molecule has 0 bridgehead atoms. The Bertz CT molecular complexity index is 783. The molecule has 0 saturated heterocycles. The molecule has 1 aliphatic rings. The summed E-state index contributed by atoms with van der Waals surface area (Å²) in [4.78, 5) is 36.2. The second-order valence-corrected chi connectivity index (χ2v) is 4.47. The number of carbonyl (C=O) groups is 3. The number of imide groups is 1. The lowest BCUT2D eigenvalue weighted by Gasteiger charge is -2.13. The third-order valence-electron chi connectivity index (χ3n) is 3.21. The number of aromatic carboxylic acids is 1. The number of fused-ring (bicyclic) bond motifs is 1. The Morgan fingerprint density at radius 2 is 1.57 bits per heavy atom. The largest absolute Gasteiger partial charge is 0.545 e. The summed E-state index contributed by atoms with van der Waals surface area (Å²) in [5.41, 5.74) is 0.133. The van der Waals surface area contributed by atoms with Crippen molar-refractivity contribution in [2.24, 2.45) is 0 Å². The predicted molar refractivity (Wildman–Crippen MR) is 68.3 cm³/mol. The van der Waals surface area contributed by atoms with Crippen molar-refractivity contribution >= 4 is 23.5 Å². The Morgan fingerprint density at radius 1 is 0.952 bits per heavy atom. The second-order valence-electron chi connectivity index (χ2n) is 4.47. The van der Waals surface area contributed by atoms with Gasteiger partial charge in [-0.2, -0.15) is 0 Å². The Labute approximate surface area is 118 Å². The quantitative estimate of drug-likeness (QED) is 0.770. The number of rotatable bonds is 2. The van der Waals surface area contributed by atoms with E-state index in [4.69, 9.17) is 0 Å². The molecule has 2 amide bonds. The number of hydrogen-bond donors (Lipinski definition) is 0. The summed E-state index contributed by atoms with van der Waals surface area (Å²) in [6.07, 6.45) is 0. The predicted octanol–water partition coefficient (Wildman–Crippen LogP) is 0.990. The Morgan fingerprint density at radius 3 is 2.19 bits per heavy atom.